The molecule has 0 nitrogen and oxygen atoms in total. The Hall–Kier alpha value is -0.300. The van der Waals surface area contributed by atoms with E-state index in [0.717, 1.165) is 10.9 Å². The summed E-state index contributed by atoms with van der Waals surface area (Å²) in [6.45, 7) is 13.2. The Bertz CT molecular complexity index is 334. The summed E-state index contributed by atoms with van der Waals surface area (Å²) in [6, 6.07) is 0. The van der Waals surface area contributed by atoms with E-state index < -0.39 is 0 Å². The normalized spacial score (nSPS) is 13.3. The predicted octanol–water partition coefficient (Wildman–Crippen LogP) is 7.71. The first-order chi connectivity index (χ1) is 9.60. The number of hydrogen-bond donors (Lipinski definition) is 0. The van der Waals surface area contributed by atoms with Gasteiger partial charge in [0.25, 0.3) is 0 Å². The van der Waals surface area contributed by atoms with Gasteiger partial charge >= 0.3 is 0 Å². The second-order valence-corrected chi connectivity index (χ2v) is 6.67. The molecule has 0 bridgehead atoms. The molecular formula is C19H33Br. The predicted molar refractivity (Wildman–Crippen MR) is 97.4 cm³/mol. The van der Waals surface area contributed by atoms with Crippen molar-refractivity contribution in [2.75, 3.05) is 0 Å². The zero-order valence-corrected chi connectivity index (χ0v) is 15.6. The third-order valence-corrected chi connectivity index (χ3v) is 3.75. The Morgan fingerprint density at radius 3 is 1.95 bits per heavy atom. The number of hydrogen-bond acceptors (Lipinski definition) is 0. The molecule has 1 heteroatoms. The number of unbranched alkanes of at least 4 members (excludes halogenated alkanes) is 1. The summed E-state index contributed by atoms with van der Waals surface area (Å²) >= 11 is 3.56. The maximum Gasteiger partial charge on any atom is -0.0000701 e. The molecule has 0 fully saturated rings. The lowest BCUT2D eigenvalue weighted by Crippen LogP contribution is -1.98. The third kappa shape index (κ3) is 8.09. The first kappa shape index (κ1) is 19.7. The van der Waals surface area contributed by atoms with Gasteiger partial charge in [0.05, 0.1) is 0 Å². The van der Waals surface area contributed by atoms with Crippen LogP contribution in [0, 0.1) is 0 Å². The summed E-state index contributed by atoms with van der Waals surface area (Å²) in [5.74, 6) is 0. The largest absolute Gasteiger partial charge is 0.0885 e. The molecule has 0 amide bonds. The lowest BCUT2D eigenvalue weighted by Gasteiger charge is -2.18. The molecule has 0 saturated carbocycles. The summed E-state index contributed by atoms with van der Waals surface area (Å²) in [4.78, 5) is 0. The van der Waals surface area contributed by atoms with Gasteiger partial charge < -0.3 is 0 Å². The Morgan fingerprint density at radius 2 is 1.50 bits per heavy atom. The quantitative estimate of drug-likeness (QED) is 0.338. The molecule has 0 spiro atoms. The van der Waals surface area contributed by atoms with Crippen LogP contribution in [0.15, 0.2) is 33.9 Å². The summed E-state index contributed by atoms with van der Waals surface area (Å²) in [6.07, 6.45) is 13.3. The van der Waals surface area contributed by atoms with Crippen molar-refractivity contribution >= 4 is 15.9 Å². The van der Waals surface area contributed by atoms with Crippen LogP contribution in [0.3, 0.4) is 0 Å². The van der Waals surface area contributed by atoms with Crippen LogP contribution in [-0.4, -0.2) is 0 Å². The fourth-order valence-corrected chi connectivity index (χ4v) is 3.00. The summed E-state index contributed by atoms with van der Waals surface area (Å²) in [7, 11) is 0. The highest BCUT2D eigenvalue weighted by molar-refractivity contribution is 9.11. The molecule has 0 saturated heterocycles. The van der Waals surface area contributed by atoms with Crippen molar-refractivity contribution in [2.45, 2.75) is 85.5 Å². The van der Waals surface area contributed by atoms with E-state index in [1.807, 2.05) is 0 Å². The standard InChI is InChI=1S/C19H33Br/c1-6-10-14-17(11-7-2)19(13-9-4)18(12-8-3)15-16(5)20/h14H,5-13,15H2,1-4H3. The molecule has 0 aromatic heterocycles. The van der Waals surface area contributed by atoms with Crippen LogP contribution in [0.2, 0.25) is 0 Å². The van der Waals surface area contributed by atoms with Crippen LogP contribution >= 0.6 is 15.9 Å². The van der Waals surface area contributed by atoms with Gasteiger partial charge in [-0.2, -0.15) is 0 Å². The van der Waals surface area contributed by atoms with Crippen molar-refractivity contribution in [2.24, 2.45) is 0 Å². The van der Waals surface area contributed by atoms with Crippen molar-refractivity contribution in [3.05, 3.63) is 33.9 Å². The van der Waals surface area contributed by atoms with Crippen molar-refractivity contribution in [1.82, 2.24) is 0 Å². The highest BCUT2D eigenvalue weighted by Gasteiger charge is 2.11. The maximum absolute atomic E-state index is 4.05. The van der Waals surface area contributed by atoms with E-state index in [-0.39, 0.29) is 0 Å². The molecule has 0 aliphatic carbocycles. The van der Waals surface area contributed by atoms with Gasteiger partial charge in [-0.3, -0.25) is 0 Å². The van der Waals surface area contributed by atoms with Crippen LogP contribution in [0.5, 0.6) is 0 Å². The number of halogens is 1. The van der Waals surface area contributed by atoms with Crippen LogP contribution in [0.25, 0.3) is 0 Å². The SMILES string of the molecule is C=C(Br)CC(CCC)=C(CCC)C(=CCCC)CCC. The summed E-state index contributed by atoms with van der Waals surface area (Å²) < 4.78 is 1.11. The van der Waals surface area contributed by atoms with E-state index >= 15 is 0 Å². The zero-order chi connectivity index (χ0) is 15.4. The minimum Gasteiger partial charge on any atom is -0.0885 e. The average molecular weight is 341 g/mol. The number of rotatable bonds is 11. The van der Waals surface area contributed by atoms with Crippen molar-refractivity contribution < 1.29 is 0 Å². The average Bonchev–Trinajstić information content (AvgIpc) is 2.40. The van der Waals surface area contributed by atoms with Crippen molar-refractivity contribution in [3.8, 4) is 0 Å². The smallest absolute Gasteiger partial charge is 0.0000701 e. The van der Waals surface area contributed by atoms with E-state index in [4.69, 9.17) is 0 Å². The molecule has 0 heterocycles. The van der Waals surface area contributed by atoms with E-state index in [1.165, 1.54) is 51.4 Å². The van der Waals surface area contributed by atoms with Crippen LogP contribution in [0.4, 0.5) is 0 Å². The molecule has 20 heavy (non-hydrogen) atoms. The van der Waals surface area contributed by atoms with Gasteiger partial charge in [-0.15, -0.1) is 0 Å². The van der Waals surface area contributed by atoms with Gasteiger partial charge in [0.15, 0.2) is 0 Å². The molecule has 0 aliphatic rings. The molecule has 0 unspecified atom stereocenters. The minimum absolute atomic E-state index is 1.01. The van der Waals surface area contributed by atoms with E-state index in [1.54, 1.807) is 16.7 Å². The number of allylic oxidation sites excluding steroid dienone is 5. The first-order valence-electron chi connectivity index (χ1n) is 8.34. The summed E-state index contributed by atoms with van der Waals surface area (Å²) in [5.41, 5.74) is 4.84. The van der Waals surface area contributed by atoms with Gasteiger partial charge in [0.2, 0.25) is 0 Å². The monoisotopic (exact) mass is 340 g/mol. The first-order valence-corrected chi connectivity index (χ1v) is 9.13. The highest BCUT2D eigenvalue weighted by atomic mass is 79.9. The van der Waals surface area contributed by atoms with Gasteiger partial charge in [-0.05, 0) is 47.7 Å². The fraction of sp³-hybridized carbons (Fsp3) is 0.684. The molecule has 0 aromatic rings. The van der Waals surface area contributed by atoms with Gasteiger partial charge in [0.1, 0.15) is 0 Å². The van der Waals surface area contributed by atoms with Gasteiger partial charge in [0, 0.05) is 0 Å². The van der Waals surface area contributed by atoms with Gasteiger partial charge in [-0.1, -0.05) is 87.5 Å². The van der Waals surface area contributed by atoms with Gasteiger partial charge in [-0.25, -0.2) is 0 Å². The molecule has 0 rings (SSSR count). The Morgan fingerprint density at radius 1 is 0.900 bits per heavy atom. The second kappa shape index (κ2) is 12.4. The minimum atomic E-state index is 1.01. The third-order valence-electron chi connectivity index (χ3n) is 3.47. The van der Waals surface area contributed by atoms with E-state index in [2.05, 4.69) is 56.3 Å². The Balaban J connectivity index is 5.50. The molecule has 0 aromatic carbocycles. The molecule has 0 N–H and O–H groups in total. The van der Waals surface area contributed by atoms with Crippen LogP contribution < -0.4 is 0 Å². The molecule has 0 radical (unpaired) electrons. The maximum atomic E-state index is 4.05. The van der Waals surface area contributed by atoms with Crippen LogP contribution in [0.1, 0.15) is 85.5 Å². The lowest BCUT2D eigenvalue weighted by molar-refractivity contribution is 0.791. The Labute approximate surface area is 135 Å². The van der Waals surface area contributed by atoms with Crippen molar-refractivity contribution in [3.63, 3.8) is 0 Å². The Kier molecular flexibility index (Phi) is 12.3. The molecule has 116 valence electrons. The zero-order valence-electron chi connectivity index (χ0n) is 14.0. The molecule has 0 atom stereocenters. The van der Waals surface area contributed by atoms with Crippen LogP contribution in [-0.2, 0) is 0 Å². The topological polar surface area (TPSA) is 0 Å². The second-order valence-electron chi connectivity index (χ2n) is 5.54. The van der Waals surface area contributed by atoms with E-state index in [0.29, 0.717) is 0 Å². The molecular weight excluding hydrogens is 308 g/mol. The molecule has 0 aliphatic heterocycles. The van der Waals surface area contributed by atoms with Crippen molar-refractivity contribution in [1.29, 1.82) is 0 Å². The lowest BCUT2D eigenvalue weighted by atomic mass is 9.88. The van der Waals surface area contributed by atoms with E-state index in [9.17, 15) is 0 Å². The fourth-order valence-electron chi connectivity index (χ4n) is 2.66. The highest BCUT2D eigenvalue weighted by Crippen LogP contribution is 2.31. The summed E-state index contributed by atoms with van der Waals surface area (Å²) in [5, 5.41) is 0.